The van der Waals surface area contributed by atoms with Gasteiger partial charge in [0.1, 0.15) is 0 Å². The monoisotopic (exact) mass is 250 g/mol. The van der Waals surface area contributed by atoms with Crippen molar-refractivity contribution in [2.75, 3.05) is 0 Å². The van der Waals surface area contributed by atoms with Gasteiger partial charge in [-0.25, -0.2) is 0 Å². The van der Waals surface area contributed by atoms with E-state index in [0.29, 0.717) is 0 Å². The van der Waals surface area contributed by atoms with Crippen LogP contribution in [0.1, 0.15) is 31.4 Å². The molecule has 0 spiro atoms. The molecule has 0 N–H and O–H groups in total. The van der Waals surface area contributed by atoms with E-state index in [9.17, 15) is 0 Å². The average Bonchev–Trinajstić information content (AvgIpc) is 2.74. The van der Waals surface area contributed by atoms with E-state index in [-0.39, 0.29) is 5.41 Å². The van der Waals surface area contributed by atoms with Crippen molar-refractivity contribution in [1.82, 2.24) is 0 Å². The van der Waals surface area contributed by atoms with Gasteiger partial charge in [0.15, 0.2) is 0 Å². The summed E-state index contributed by atoms with van der Waals surface area (Å²) in [6.45, 7) is 12.0. The highest BCUT2D eigenvalue weighted by molar-refractivity contribution is 5.48. The van der Waals surface area contributed by atoms with E-state index >= 15 is 0 Å². The van der Waals surface area contributed by atoms with Crippen molar-refractivity contribution < 1.29 is 0 Å². The van der Waals surface area contributed by atoms with Gasteiger partial charge >= 0.3 is 0 Å². The zero-order valence-electron chi connectivity index (χ0n) is 11.9. The third kappa shape index (κ3) is 2.96. The maximum Gasteiger partial charge on any atom is 0.0324 e. The summed E-state index contributed by atoms with van der Waals surface area (Å²) in [6.07, 6.45) is 11.1. The Hall–Kier alpha value is -1.82. The van der Waals surface area contributed by atoms with E-state index in [1.165, 1.54) is 11.1 Å². The lowest BCUT2D eigenvalue weighted by atomic mass is 9.80. The molecular weight excluding hydrogens is 228 g/mol. The number of allylic oxidation sites excluding steroid dienone is 6. The average molecular weight is 250 g/mol. The van der Waals surface area contributed by atoms with Gasteiger partial charge in [-0.05, 0) is 37.8 Å². The summed E-state index contributed by atoms with van der Waals surface area (Å²) < 4.78 is 0. The second kappa shape index (κ2) is 5.44. The first kappa shape index (κ1) is 13.6. The van der Waals surface area contributed by atoms with Gasteiger partial charge in [-0.1, -0.05) is 72.9 Å². The van der Waals surface area contributed by atoms with Crippen LogP contribution in [0, 0.1) is 0 Å². The minimum absolute atomic E-state index is 0.00843. The lowest BCUT2D eigenvalue weighted by Crippen LogP contribution is -2.16. The number of fused-ring (bicyclic) bond motifs is 1. The molecule has 0 radical (unpaired) electrons. The molecule has 0 heterocycles. The predicted octanol–water partition coefficient (Wildman–Crippen LogP) is 5.14. The predicted molar refractivity (Wildman–Crippen MR) is 84.3 cm³/mol. The number of rotatable bonds is 4. The third-order valence-electron chi connectivity index (χ3n) is 3.66. The van der Waals surface area contributed by atoms with Crippen molar-refractivity contribution in [3.63, 3.8) is 0 Å². The van der Waals surface area contributed by atoms with Crippen LogP contribution in [0.4, 0.5) is 0 Å². The van der Waals surface area contributed by atoms with Crippen molar-refractivity contribution in [1.29, 1.82) is 0 Å². The molecule has 1 aliphatic carbocycles. The molecule has 98 valence electrons. The molecule has 0 aromatic heterocycles. The Bertz CT molecular complexity index is 531. The molecule has 0 aliphatic heterocycles. The zero-order valence-corrected chi connectivity index (χ0v) is 11.9. The fourth-order valence-corrected chi connectivity index (χ4v) is 2.65. The molecule has 0 heteroatoms. The van der Waals surface area contributed by atoms with Crippen molar-refractivity contribution >= 4 is 0 Å². The van der Waals surface area contributed by atoms with E-state index in [0.717, 1.165) is 24.0 Å². The highest BCUT2D eigenvalue weighted by atomic mass is 14.4. The molecule has 0 saturated heterocycles. The van der Waals surface area contributed by atoms with E-state index in [4.69, 9.17) is 0 Å². The van der Waals surface area contributed by atoms with Gasteiger partial charge < -0.3 is 0 Å². The Labute approximate surface area is 116 Å². The number of benzene rings is 1. The molecule has 1 aromatic carbocycles. The smallest absolute Gasteiger partial charge is 0.0324 e. The standard InChI is InChI=1S/C19H22/c1-15(2)9-12-19(13-10-16(3)4)14-11-17-7-5-6-8-18(17)19/h5-10,12-13H,1,3,11,14H2,2,4H3. The topological polar surface area (TPSA) is 0 Å². The van der Waals surface area contributed by atoms with Crippen LogP contribution in [0.5, 0.6) is 0 Å². The third-order valence-corrected chi connectivity index (χ3v) is 3.66. The summed E-state index contributed by atoms with van der Waals surface area (Å²) in [5, 5.41) is 0. The highest BCUT2D eigenvalue weighted by Crippen LogP contribution is 2.41. The van der Waals surface area contributed by atoms with Crippen LogP contribution in [0.3, 0.4) is 0 Å². The van der Waals surface area contributed by atoms with E-state index in [2.05, 4.69) is 61.7 Å². The van der Waals surface area contributed by atoms with Crippen LogP contribution < -0.4 is 0 Å². The van der Waals surface area contributed by atoms with Crippen LogP contribution >= 0.6 is 0 Å². The van der Waals surface area contributed by atoms with Gasteiger partial charge in [0.05, 0.1) is 0 Å². The zero-order chi connectivity index (χ0) is 13.9. The molecule has 1 aliphatic rings. The number of aryl methyl sites for hydroxylation is 1. The van der Waals surface area contributed by atoms with Gasteiger partial charge in [-0.3, -0.25) is 0 Å². The van der Waals surface area contributed by atoms with Gasteiger partial charge in [0.25, 0.3) is 0 Å². The first-order chi connectivity index (χ1) is 9.03. The van der Waals surface area contributed by atoms with Gasteiger partial charge in [0.2, 0.25) is 0 Å². The van der Waals surface area contributed by atoms with E-state index in [1.54, 1.807) is 0 Å². The lowest BCUT2D eigenvalue weighted by Gasteiger charge is -2.23. The summed E-state index contributed by atoms with van der Waals surface area (Å²) in [4.78, 5) is 0. The first-order valence-corrected chi connectivity index (χ1v) is 6.81. The van der Waals surface area contributed by atoms with Crippen LogP contribution in [0.15, 0.2) is 72.9 Å². The van der Waals surface area contributed by atoms with Gasteiger partial charge in [-0.2, -0.15) is 0 Å². The molecular formula is C19H22. The number of hydrogen-bond acceptors (Lipinski definition) is 0. The highest BCUT2D eigenvalue weighted by Gasteiger charge is 2.33. The summed E-state index contributed by atoms with van der Waals surface area (Å²) in [5.74, 6) is 0. The molecule has 19 heavy (non-hydrogen) atoms. The summed E-state index contributed by atoms with van der Waals surface area (Å²) >= 11 is 0. The lowest BCUT2D eigenvalue weighted by molar-refractivity contribution is 0.658. The van der Waals surface area contributed by atoms with Crippen molar-refractivity contribution in [3.05, 3.63) is 84.0 Å². The SMILES string of the molecule is C=C(C)C=CC1(C=CC(=C)C)CCc2ccccc21. The van der Waals surface area contributed by atoms with Crippen LogP contribution in [0.25, 0.3) is 0 Å². The summed E-state index contributed by atoms with van der Waals surface area (Å²) in [6, 6.07) is 8.73. The second-order valence-electron chi connectivity index (χ2n) is 5.56. The summed E-state index contributed by atoms with van der Waals surface area (Å²) in [5.41, 5.74) is 5.07. The van der Waals surface area contributed by atoms with Gasteiger partial charge in [0, 0.05) is 5.41 Å². The molecule has 0 bridgehead atoms. The quantitative estimate of drug-likeness (QED) is 0.649. The number of hydrogen-bond donors (Lipinski definition) is 0. The van der Waals surface area contributed by atoms with Crippen molar-refractivity contribution in [3.8, 4) is 0 Å². The molecule has 0 atom stereocenters. The van der Waals surface area contributed by atoms with E-state index in [1.807, 2.05) is 13.8 Å². The molecule has 0 amide bonds. The second-order valence-corrected chi connectivity index (χ2v) is 5.56. The Morgan fingerprint density at radius 3 is 2.21 bits per heavy atom. The van der Waals surface area contributed by atoms with Crippen LogP contribution in [-0.4, -0.2) is 0 Å². The maximum absolute atomic E-state index is 3.97. The summed E-state index contributed by atoms with van der Waals surface area (Å²) in [7, 11) is 0. The maximum atomic E-state index is 3.97. The fraction of sp³-hybridized carbons (Fsp3) is 0.263. The molecule has 0 saturated carbocycles. The Morgan fingerprint density at radius 1 is 1.05 bits per heavy atom. The Balaban J connectivity index is 2.48. The molecule has 0 fully saturated rings. The molecule has 0 nitrogen and oxygen atoms in total. The Morgan fingerprint density at radius 2 is 1.63 bits per heavy atom. The minimum atomic E-state index is 0.00843. The van der Waals surface area contributed by atoms with Crippen LogP contribution in [0.2, 0.25) is 0 Å². The minimum Gasteiger partial charge on any atom is -0.0961 e. The molecule has 2 rings (SSSR count). The molecule has 1 aromatic rings. The fourth-order valence-electron chi connectivity index (χ4n) is 2.65. The Kier molecular flexibility index (Phi) is 3.90. The normalized spacial score (nSPS) is 22.0. The molecule has 0 unspecified atom stereocenters. The van der Waals surface area contributed by atoms with Gasteiger partial charge in [-0.15, -0.1) is 0 Å². The first-order valence-electron chi connectivity index (χ1n) is 6.81. The van der Waals surface area contributed by atoms with Crippen molar-refractivity contribution in [2.24, 2.45) is 0 Å². The van der Waals surface area contributed by atoms with Crippen LogP contribution in [-0.2, 0) is 11.8 Å². The van der Waals surface area contributed by atoms with Crippen molar-refractivity contribution in [2.45, 2.75) is 32.1 Å². The van der Waals surface area contributed by atoms with E-state index < -0.39 is 0 Å². The largest absolute Gasteiger partial charge is 0.0961 e.